The van der Waals surface area contributed by atoms with Crippen LogP contribution in [0.1, 0.15) is 18.4 Å². The Morgan fingerprint density at radius 1 is 1.16 bits per heavy atom. The smallest absolute Gasteiger partial charge is 0.422 e. The largest absolute Gasteiger partial charge is 0.481 e. The molecular weight excluding hydrogens is 360 g/mol. The second kappa shape index (κ2) is 8.96. The third-order valence-electron chi connectivity index (χ3n) is 2.85. The van der Waals surface area contributed by atoms with Crippen LogP contribution in [0, 0.1) is 0 Å². The Hall–Kier alpha value is -2.70. The third kappa shape index (κ3) is 6.74. The number of hydrogen-bond donors (Lipinski definition) is 4. The molecule has 1 aromatic carbocycles. The molecule has 25 heavy (non-hydrogen) atoms. The molecule has 0 aliphatic carbocycles. The van der Waals surface area contributed by atoms with Crippen molar-refractivity contribution in [2.75, 3.05) is 0 Å². The Labute approximate surface area is 142 Å². The van der Waals surface area contributed by atoms with Gasteiger partial charge in [0.1, 0.15) is 6.61 Å². The molecule has 1 unspecified atom stereocenters. The number of ether oxygens (including phenoxy) is 1. The van der Waals surface area contributed by atoms with Crippen molar-refractivity contribution in [3.8, 4) is 0 Å². The Bertz CT molecular complexity index is 720. The van der Waals surface area contributed by atoms with Crippen molar-refractivity contribution in [2.45, 2.75) is 25.5 Å². The van der Waals surface area contributed by atoms with Gasteiger partial charge in [-0.15, -0.1) is 0 Å². The van der Waals surface area contributed by atoms with E-state index in [4.69, 9.17) is 10.2 Å². The zero-order valence-electron chi connectivity index (χ0n) is 12.7. The number of rotatable bonds is 9. The van der Waals surface area contributed by atoms with Crippen molar-refractivity contribution in [1.29, 1.82) is 0 Å². The first-order chi connectivity index (χ1) is 11.6. The van der Waals surface area contributed by atoms with E-state index in [9.17, 15) is 28.0 Å². The molecule has 0 bridgehead atoms. The van der Waals surface area contributed by atoms with Gasteiger partial charge in [0.15, 0.2) is 6.04 Å². The minimum atomic E-state index is -4.97. The number of hydroxylamine groups is 1. The van der Waals surface area contributed by atoms with E-state index in [1.165, 1.54) is 4.72 Å². The van der Waals surface area contributed by atoms with E-state index < -0.39 is 51.6 Å². The summed E-state index contributed by atoms with van der Waals surface area (Å²) in [6.45, 7) is -0.255. The van der Waals surface area contributed by atoms with Gasteiger partial charge in [0, 0.05) is 6.42 Å². The number of nitrogens with one attached hydrogen (secondary N) is 1. The van der Waals surface area contributed by atoms with Crippen LogP contribution in [0.5, 0.6) is 0 Å². The first kappa shape index (κ1) is 20.3. The van der Waals surface area contributed by atoms with Crippen LogP contribution in [-0.2, 0) is 31.1 Å². The van der Waals surface area contributed by atoms with Crippen LogP contribution in [0.25, 0.3) is 0 Å². The minimum Gasteiger partial charge on any atom is -0.481 e. The molecule has 0 spiro atoms. The monoisotopic (exact) mass is 376 g/mol. The summed E-state index contributed by atoms with van der Waals surface area (Å²) in [6.07, 6.45) is -2.85. The molecule has 0 radical (unpaired) electrons. The van der Waals surface area contributed by atoms with Crippen LogP contribution in [-0.4, -0.2) is 52.4 Å². The van der Waals surface area contributed by atoms with E-state index >= 15 is 0 Å². The van der Waals surface area contributed by atoms with Gasteiger partial charge in [0.05, 0.1) is 0 Å². The molecular formula is C13H16N2O9S. The molecule has 0 fully saturated rings. The number of benzene rings is 1. The summed E-state index contributed by atoms with van der Waals surface area (Å²) < 4.78 is 28.9. The summed E-state index contributed by atoms with van der Waals surface area (Å²) >= 11 is 0. The average molecular weight is 376 g/mol. The van der Waals surface area contributed by atoms with Crippen LogP contribution in [0.2, 0.25) is 0 Å². The Morgan fingerprint density at radius 3 is 2.28 bits per heavy atom. The summed E-state index contributed by atoms with van der Waals surface area (Å²) in [5.41, 5.74) is 0.570. The van der Waals surface area contributed by atoms with Crippen molar-refractivity contribution in [3.05, 3.63) is 35.9 Å². The standard InChI is InChI=1S/C13H16N2O9S/c16-11(17)7-6-10(12(18)19)15(21)25(22,23)14-13(20)24-8-9-4-2-1-3-5-9/h1-5,10,21H,6-8H2,(H,14,20)(H,16,17)(H,18,19). The summed E-state index contributed by atoms with van der Waals surface area (Å²) in [6, 6.07) is 6.21. The number of amides is 1. The van der Waals surface area contributed by atoms with Crippen LogP contribution < -0.4 is 4.72 Å². The molecule has 1 rings (SSSR count). The zero-order valence-corrected chi connectivity index (χ0v) is 13.5. The molecule has 0 heterocycles. The second-order valence-corrected chi connectivity index (χ2v) is 6.26. The van der Waals surface area contributed by atoms with E-state index in [1.807, 2.05) is 0 Å². The van der Waals surface area contributed by atoms with Crippen LogP contribution in [0.3, 0.4) is 0 Å². The molecule has 11 nitrogen and oxygen atoms in total. The van der Waals surface area contributed by atoms with Crippen molar-refractivity contribution in [2.24, 2.45) is 0 Å². The fourth-order valence-corrected chi connectivity index (χ4v) is 2.55. The number of carbonyl (C=O) groups excluding carboxylic acids is 1. The van der Waals surface area contributed by atoms with Crippen LogP contribution >= 0.6 is 0 Å². The summed E-state index contributed by atoms with van der Waals surface area (Å²) in [7, 11) is -4.97. The van der Waals surface area contributed by atoms with Gasteiger partial charge in [-0.2, -0.15) is 8.42 Å². The maximum atomic E-state index is 11.8. The average Bonchev–Trinajstić information content (AvgIpc) is 2.53. The molecule has 0 saturated heterocycles. The molecule has 0 saturated carbocycles. The highest BCUT2D eigenvalue weighted by Crippen LogP contribution is 2.10. The topological polar surface area (TPSA) is 171 Å². The molecule has 4 N–H and O–H groups in total. The van der Waals surface area contributed by atoms with Gasteiger partial charge < -0.3 is 14.9 Å². The SMILES string of the molecule is O=C(O)CCC(C(=O)O)N(O)S(=O)(=O)NC(=O)OCc1ccccc1. The van der Waals surface area contributed by atoms with Gasteiger partial charge in [0.25, 0.3) is 0 Å². The quantitative estimate of drug-likeness (QED) is 0.438. The van der Waals surface area contributed by atoms with E-state index in [-0.39, 0.29) is 6.61 Å². The number of carbonyl (C=O) groups is 3. The fourth-order valence-electron chi connectivity index (χ4n) is 1.66. The second-order valence-electron chi connectivity index (χ2n) is 4.73. The van der Waals surface area contributed by atoms with Gasteiger partial charge in [0.2, 0.25) is 0 Å². The lowest BCUT2D eigenvalue weighted by molar-refractivity contribution is -0.152. The van der Waals surface area contributed by atoms with Crippen LogP contribution in [0.15, 0.2) is 30.3 Å². The van der Waals surface area contributed by atoms with Crippen molar-refractivity contribution in [1.82, 2.24) is 9.19 Å². The van der Waals surface area contributed by atoms with Crippen molar-refractivity contribution >= 4 is 28.2 Å². The molecule has 1 amide bonds. The first-order valence-electron chi connectivity index (χ1n) is 6.80. The zero-order chi connectivity index (χ0) is 19.0. The Balaban J connectivity index is 2.68. The number of hydrogen-bond acceptors (Lipinski definition) is 7. The summed E-state index contributed by atoms with van der Waals surface area (Å²) in [4.78, 5) is 33.0. The van der Waals surface area contributed by atoms with E-state index in [0.717, 1.165) is 0 Å². The lowest BCUT2D eigenvalue weighted by atomic mass is 10.2. The van der Waals surface area contributed by atoms with E-state index in [0.29, 0.717) is 5.56 Å². The van der Waals surface area contributed by atoms with Gasteiger partial charge in [-0.1, -0.05) is 34.8 Å². The van der Waals surface area contributed by atoms with Crippen molar-refractivity contribution in [3.63, 3.8) is 0 Å². The van der Waals surface area contributed by atoms with E-state index in [2.05, 4.69) is 4.74 Å². The highest BCUT2D eigenvalue weighted by molar-refractivity contribution is 7.87. The van der Waals surface area contributed by atoms with Gasteiger partial charge in [-0.05, 0) is 12.0 Å². The summed E-state index contributed by atoms with van der Waals surface area (Å²) in [5.74, 6) is -3.17. The lowest BCUT2D eigenvalue weighted by Crippen LogP contribution is -2.49. The van der Waals surface area contributed by atoms with Gasteiger partial charge in [-0.3, -0.25) is 14.8 Å². The number of nitrogens with zero attached hydrogens (tertiary/aromatic N) is 1. The predicted octanol–water partition coefficient (Wildman–Crippen LogP) is 0.167. The summed E-state index contributed by atoms with van der Waals surface area (Å²) in [5, 5.41) is 27.0. The van der Waals surface area contributed by atoms with Crippen molar-refractivity contribution < 1.29 is 43.0 Å². The third-order valence-corrected chi connectivity index (χ3v) is 4.03. The molecule has 0 aromatic heterocycles. The highest BCUT2D eigenvalue weighted by atomic mass is 32.2. The lowest BCUT2D eigenvalue weighted by Gasteiger charge is -2.21. The van der Waals surface area contributed by atoms with Crippen LogP contribution in [0.4, 0.5) is 4.79 Å². The molecule has 1 aromatic rings. The van der Waals surface area contributed by atoms with E-state index in [1.54, 1.807) is 30.3 Å². The normalized spacial score (nSPS) is 12.4. The predicted molar refractivity (Wildman–Crippen MR) is 80.6 cm³/mol. The molecule has 12 heteroatoms. The number of carboxylic acids is 2. The maximum Gasteiger partial charge on any atom is 0.422 e. The number of carboxylic acid groups (broad SMARTS) is 2. The molecule has 138 valence electrons. The Kier molecular flexibility index (Phi) is 7.29. The molecule has 0 aliphatic heterocycles. The highest BCUT2D eigenvalue weighted by Gasteiger charge is 2.35. The minimum absolute atomic E-state index is 0.255. The molecule has 0 aliphatic rings. The fraction of sp³-hybridized carbons (Fsp3) is 0.308. The Morgan fingerprint density at radius 2 is 1.76 bits per heavy atom. The maximum absolute atomic E-state index is 11.8. The molecule has 1 atom stereocenters. The van der Waals surface area contributed by atoms with Gasteiger partial charge in [-0.25, -0.2) is 9.52 Å². The number of aliphatic carboxylic acids is 2. The first-order valence-corrected chi connectivity index (χ1v) is 8.24. The van der Waals surface area contributed by atoms with Gasteiger partial charge >= 0.3 is 28.2 Å².